The zero-order valence-corrected chi connectivity index (χ0v) is 9.68. The average Bonchev–Trinajstić information content (AvgIpc) is 2.42. The summed E-state index contributed by atoms with van der Waals surface area (Å²) in [4.78, 5) is 12.1. The number of hydrogen-bond acceptors (Lipinski definition) is 3. The number of benzene rings is 2. The van der Waals surface area contributed by atoms with Gasteiger partial charge in [-0.05, 0) is 48.5 Å². The standard InChI is InChI=1S/C14H9F2NO2/c15-11-5-1-9(2-6-11)13(17-19)14(18)10-3-7-12(16)8-4-10/h1-8,19H. The maximum absolute atomic E-state index is 12.8. The van der Waals surface area contributed by atoms with Crippen LogP contribution in [0.5, 0.6) is 0 Å². The second-order valence-corrected chi connectivity index (χ2v) is 3.79. The van der Waals surface area contributed by atoms with E-state index in [1.54, 1.807) is 0 Å². The lowest BCUT2D eigenvalue weighted by Crippen LogP contribution is -2.16. The first kappa shape index (κ1) is 12.9. The Bertz CT molecular complexity index is 619. The smallest absolute Gasteiger partial charge is 0.215 e. The molecule has 0 saturated carbocycles. The van der Waals surface area contributed by atoms with E-state index in [1.165, 1.54) is 24.3 Å². The molecule has 96 valence electrons. The molecule has 2 aromatic carbocycles. The number of oxime groups is 1. The second-order valence-electron chi connectivity index (χ2n) is 3.79. The molecular formula is C14H9F2NO2. The number of carbonyl (C=O) groups is 1. The summed E-state index contributed by atoms with van der Waals surface area (Å²) in [5.74, 6) is -1.51. The lowest BCUT2D eigenvalue weighted by molar-refractivity contribution is 0.106. The quantitative estimate of drug-likeness (QED) is 0.399. The molecule has 0 aliphatic carbocycles. The first-order valence-corrected chi connectivity index (χ1v) is 5.40. The lowest BCUT2D eigenvalue weighted by atomic mass is 10.0. The van der Waals surface area contributed by atoms with Crippen LogP contribution in [0.2, 0.25) is 0 Å². The number of ketones is 1. The summed E-state index contributed by atoms with van der Waals surface area (Å²) in [5.41, 5.74) is 0.225. The van der Waals surface area contributed by atoms with Crippen LogP contribution in [0.25, 0.3) is 0 Å². The van der Waals surface area contributed by atoms with Gasteiger partial charge in [0.25, 0.3) is 0 Å². The van der Waals surface area contributed by atoms with Crippen molar-refractivity contribution in [2.24, 2.45) is 5.16 Å². The van der Waals surface area contributed by atoms with E-state index in [1.807, 2.05) is 0 Å². The minimum Gasteiger partial charge on any atom is -0.410 e. The number of halogens is 2. The van der Waals surface area contributed by atoms with Gasteiger partial charge in [-0.25, -0.2) is 8.78 Å². The molecule has 1 N–H and O–H groups in total. The van der Waals surface area contributed by atoms with Crippen molar-refractivity contribution in [3.8, 4) is 0 Å². The van der Waals surface area contributed by atoms with E-state index in [-0.39, 0.29) is 16.8 Å². The van der Waals surface area contributed by atoms with Crippen molar-refractivity contribution in [3.05, 3.63) is 71.3 Å². The summed E-state index contributed by atoms with van der Waals surface area (Å²) in [6.07, 6.45) is 0. The van der Waals surface area contributed by atoms with Crippen LogP contribution in [0, 0.1) is 11.6 Å². The molecule has 0 heterocycles. The van der Waals surface area contributed by atoms with Crippen LogP contribution >= 0.6 is 0 Å². The topological polar surface area (TPSA) is 49.7 Å². The summed E-state index contributed by atoms with van der Waals surface area (Å²) in [7, 11) is 0. The first-order chi connectivity index (χ1) is 9.11. The Labute approximate surface area is 107 Å². The number of hydrogen-bond donors (Lipinski definition) is 1. The van der Waals surface area contributed by atoms with Crippen molar-refractivity contribution < 1.29 is 18.8 Å². The fourth-order valence-electron chi connectivity index (χ4n) is 1.58. The van der Waals surface area contributed by atoms with Gasteiger partial charge < -0.3 is 5.21 Å². The predicted octanol–water partition coefficient (Wildman–Crippen LogP) is 3.03. The first-order valence-electron chi connectivity index (χ1n) is 5.40. The zero-order valence-electron chi connectivity index (χ0n) is 9.68. The minimum atomic E-state index is -0.575. The monoisotopic (exact) mass is 261 g/mol. The highest BCUT2D eigenvalue weighted by molar-refractivity contribution is 6.51. The lowest BCUT2D eigenvalue weighted by Gasteiger charge is -2.04. The molecule has 19 heavy (non-hydrogen) atoms. The van der Waals surface area contributed by atoms with Crippen molar-refractivity contribution in [3.63, 3.8) is 0 Å². The van der Waals surface area contributed by atoms with E-state index in [4.69, 9.17) is 5.21 Å². The molecule has 0 spiro atoms. The molecule has 0 amide bonds. The molecule has 0 aliphatic heterocycles. The molecule has 0 fully saturated rings. The Balaban J connectivity index is 2.35. The zero-order chi connectivity index (χ0) is 13.8. The van der Waals surface area contributed by atoms with E-state index < -0.39 is 17.4 Å². The molecule has 2 rings (SSSR count). The van der Waals surface area contributed by atoms with Crippen LogP contribution in [-0.4, -0.2) is 16.7 Å². The van der Waals surface area contributed by atoms with Gasteiger partial charge >= 0.3 is 0 Å². The molecule has 0 radical (unpaired) electrons. The summed E-state index contributed by atoms with van der Waals surface area (Å²) >= 11 is 0. The highest BCUT2D eigenvalue weighted by atomic mass is 19.1. The Kier molecular flexibility index (Phi) is 3.66. The van der Waals surface area contributed by atoms with Crippen molar-refractivity contribution in [1.82, 2.24) is 0 Å². The number of rotatable bonds is 3. The SMILES string of the molecule is O=C(C(=NO)c1ccc(F)cc1)c1ccc(F)cc1. The minimum absolute atomic E-state index is 0.179. The fourth-order valence-corrected chi connectivity index (χ4v) is 1.58. The van der Waals surface area contributed by atoms with Gasteiger partial charge in [0.2, 0.25) is 5.78 Å². The van der Waals surface area contributed by atoms with Gasteiger partial charge in [-0.15, -0.1) is 0 Å². The summed E-state index contributed by atoms with van der Waals surface area (Å²) in [6.45, 7) is 0. The third-order valence-corrected chi connectivity index (χ3v) is 2.54. The maximum Gasteiger partial charge on any atom is 0.215 e. The predicted molar refractivity (Wildman–Crippen MR) is 65.5 cm³/mol. The second kappa shape index (κ2) is 5.39. The van der Waals surface area contributed by atoms with Crippen LogP contribution in [0.4, 0.5) is 8.78 Å². The molecule has 5 heteroatoms. The number of Topliss-reactive ketones (excluding diaryl/α,β-unsaturated/α-hetero) is 1. The highest BCUT2D eigenvalue weighted by Gasteiger charge is 2.17. The van der Waals surface area contributed by atoms with Crippen molar-refractivity contribution in [2.45, 2.75) is 0 Å². The molecule has 0 atom stereocenters. The van der Waals surface area contributed by atoms with Gasteiger partial charge in [-0.1, -0.05) is 5.16 Å². The van der Waals surface area contributed by atoms with Crippen LogP contribution in [-0.2, 0) is 0 Å². The van der Waals surface area contributed by atoms with Crippen molar-refractivity contribution >= 4 is 11.5 Å². The molecule has 0 saturated heterocycles. The number of carbonyl (C=O) groups excluding carboxylic acids is 1. The largest absolute Gasteiger partial charge is 0.410 e. The Morgan fingerprint density at radius 2 is 1.26 bits per heavy atom. The Hall–Kier alpha value is -2.56. The van der Waals surface area contributed by atoms with Gasteiger partial charge in [0, 0.05) is 11.1 Å². The normalized spacial score (nSPS) is 11.4. The van der Waals surface area contributed by atoms with Crippen LogP contribution < -0.4 is 0 Å². The van der Waals surface area contributed by atoms with E-state index in [2.05, 4.69) is 5.16 Å². The van der Waals surface area contributed by atoms with E-state index >= 15 is 0 Å². The molecule has 0 aliphatic rings. The molecule has 0 unspecified atom stereocenters. The van der Waals surface area contributed by atoms with E-state index in [0.717, 1.165) is 24.3 Å². The molecule has 2 aromatic rings. The highest BCUT2D eigenvalue weighted by Crippen LogP contribution is 2.11. The van der Waals surface area contributed by atoms with Gasteiger partial charge in [-0.3, -0.25) is 4.79 Å². The van der Waals surface area contributed by atoms with Crippen LogP contribution in [0.15, 0.2) is 53.7 Å². The van der Waals surface area contributed by atoms with Gasteiger partial charge in [-0.2, -0.15) is 0 Å². The van der Waals surface area contributed by atoms with Gasteiger partial charge in [0.1, 0.15) is 11.6 Å². The summed E-state index contributed by atoms with van der Waals surface area (Å²) in [6, 6.07) is 9.78. The molecule has 0 bridgehead atoms. The van der Waals surface area contributed by atoms with Gasteiger partial charge in [0.05, 0.1) is 0 Å². The van der Waals surface area contributed by atoms with E-state index in [9.17, 15) is 13.6 Å². The van der Waals surface area contributed by atoms with Crippen molar-refractivity contribution in [2.75, 3.05) is 0 Å². The molecule has 0 aromatic heterocycles. The average molecular weight is 261 g/mol. The van der Waals surface area contributed by atoms with Crippen LogP contribution in [0.3, 0.4) is 0 Å². The third kappa shape index (κ3) is 2.82. The van der Waals surface area contributed by atoms with Crippen molar-refractivity contribution in [1.29, 1.82) is 0 Å². The van der Waals surface area contributed by atoms with Crippen LogP contribution in [0.1, 0.15) is 15.9 Å². The summed E-state index contributed by atoms with van der Waals surface area (Å²) < 4.78 is 25.6. The molecular weight excluding hydrogens is 252 g/mol. The summed E-state index contributed by atoms with van der Waals surface area (Å²) in [5, 5.41) is 11.9. The third-order valence-electron chi connectivity index (χ3n) is 2.54. The Morgan fingerprint density at radius 3 is 1.68 bits per heavy atom. The number of nitrogens with zero attached hydrogens (tertiary/aromatic N) is 1. The van der Waals surface area contributed by atoms with Gasteiger partial charge in [0.15, 0.2) is 5.71 Å². The Morgan fingerprint density at radius 1 is 0.842 bits per heavy atom. The molecule has 3 nitrogen and oxygen atoms in total. The maximum atomic E-state index is 12.8. The fraction of sp³-hybridized carbons (Fsp3) is 0. The van der Waals surface area contributed by atoms with E-state index in [0.29, 0.717) is 0 Å².